The minimum absolute atomic E-state index is 0.149. The molecule has 3 heterocycles. The maximum Gasteiger partial charge on any atom is 0.278 e. The van der Waals surface area contributed by atoms with Crippen molar-refractivity contribution in [1.82, 2.24) is 24.1 Å². The Hall–Kier alpha value is -3.03. The van der Waals surface area contributed by atoms with Crippen LogP contribution in [0.3, 0.4) is 0 Å². The summed E-state index contributed by atoms with van der Waals surface area (Å²) in [5, 5.41) is 4.09. The number of imidazole rings is 1. The maximum absolute atomic E-state index is 13.9. The van der Waals surface area contributed by atoms with Crippen LogP contribution in [0.5, 0.6) is 0 Å². The summed E-state index contributed by atoms with van der Waals surface area (Å²) in [6.07, 6.45) is 5.97. The van der Waals surface area contributed by atoms with Crippen LogP contribution in [0.1, 0.15) is 57.4 Å². The Kier molecular flexibility index (Phi) is 3.82. The van der Waals surface area contributed by atoms with Crippen molar-refractivity contribution < 1.29 is 8.91 Å². The van der Waals surface area contributed by atoms with Gasteiger partial charge in [-0.05, 0) is 44.9 Å². The van der Waals surface area contributed by atoms with Gasteiger partial charge in [-0.15, -0.1) is 0 Å². The van der Waals surface area contributed by atoms with E-state index < -0.39 is 0 Å². The van der Waals surface area contributed by atoms with Crippen LogP contribution < -0.4 is 5.56 Å². The fourth-order valence-electron chi connectivity index (χ4n) is 4.20. The van der Waals surface area contributed by atoms with Gasteiger partial charge in [0.25, 0.3) is 5.56 Å². The van der Waals surface area contributed by atoms with Crippen LogP contribution >= 0.6 is 0 Å². The number of benzene rings is 1. The zero-order chi connectivity index (χ0) is 19.4. The molecule has 144 valence electrons. The lowest BCUT2D eigenvalue weighted by atomic mass is 10.1. The number of rotatable bonds is 3. The number of nitrogens with zero attached hydrogens (tertiary/aromatic N) is 5. The highest BCUT2D eigenvalue weighted by Crippen LogP contribution is 2.34. The van der Waals surface area contributed by atoms with Gasteiger partial charge in [0.15, 0.2) is 0 Å². The zero-order valence-corrected chi connectivity index (χ0v) is 15.7. The van der Waals surface area contributed by atoms with Crippen LogP contribution in [-0.4, -0.2) is 24.1 Å². The third kappa shape index (κ3) is 2.47. The van der Waals surface area contributed by atoms with Gasteiger partial charge < -0.3 is 9.09 Å². The van der Waals surface area contributed by atoms with Crippen LogP contribution in [-0.2, 0) is 0 Å². The highest BCUT2D eigenvalue weighted by atomic mass is 19.1. The second kappa shape index (κ2) is 6.25. The van der Waals surface area contributed by atoms with Crippen molar-refractivity contribution in [3.05, 3.63) is 46.6 Å². The largest absolute Gasteiger partial charge is 0.339 e. The SMILES string of the molecule is CC(C)n1c(=O)c2c(-c3noc(C4CCCC4)n3)ncn2c2ccc(F)cc21. The van der Waals surface area contributed by atoms with Gasteiger partial charge in [0.1, 0.15) is 23.4 Å². The Labute approximate surface area is 159 Å². The quantitative estimate of drug-likeness (QED) is 0.534. The monoisotopic (exact) mass is 381 g/mol. The molecule has 0 spiro atoms. The van der Waals surface area contributed by atoms with E-state index in [1.165, 1.54) is 12.1 Å². The second-order valence-corrected chi connectivity index (χ2v) is 7.65. The molecular weight excluding hydrogens is 361 g/mol. The molecule has 1 saturated carbocycles. The van der Waals surface area contributed by atoms with Crippen LogP contribution in [0.4, 0.5) is 4.39 Å². The van der Waals surface area contributed by atoms with E-state index in [0.29, 0.717) is 34.0 Å². The minimum atomic E-state index is -0.389. The highest BCUT2D eigenvalue weighted by molar-refractivity contribution is 5.83. The lowest BCUT2D eigenvalue weighted by molar-refractivity contribution is 0.354. The van der Waals surface area contributed by atoms with Gasteiger partial charge in [-0.2, -0.15) is 4.98 Å². The van der Waals surface area contributed by atoms with Crippen molar-refractivity contribution in [2.45, 2.75) is 51.5 Å². The summed E-state index contributed by atoms with van der Waals surface area (Å²) in [5.41, 5.74) is 1.72. The molecule has 0 bridgehead atoms. The van der Waals surface area contributed by atoms with E-state index >= 15 is 0 Å². The first-order chi connectivity index (χ1) is 13.5. The predicted molar refractivity (Wildman–Crippen MR) is 102 cm³/mol. The standard InChI is InChI=1S/C20H20FN5O2/c1-11(2)26-15-9-13(21)7-8-14(15)25-10-22-16(17(25)20(26)27)18-23-19(28-24-18)12-5-3-4-6-12/h7-12H,3-6H2,1-2H3. The first kappa shape index (κ1) is 17.1. The van der Waals surface area contributed by atoms with Gasteiger partial charge in [-0.3, -0.25) is 9.20 Å². The molecule has 0 unspecified atom stereocenters. The van der Waals surface area contributed by atoms with E-state index in [1.54, 1.807) is 21.4 Å². The van der Waals surface area contributed by atoms with Crippen molar-refractivity contribution in [2.75, 3.05) is 0 Å². The summed E-state index contributed by atoms with van der Waals surface area (Å²) in [5.74, 6) is 0.825. The molecule has 28 heavy (non-hydrogen) atoms. The molecule has 3 aromatic heterocycles. The second-order valence-electron chi connectivity index (χ2n) is 7.65. The molecule has 0 radical (unpaired) electrons. The Morgan fingerprint density at radius 3 is 2.75 bits per heavy atom. The Balaban J connectivity index is 1.77. The van der Waals surface area contributed by atoms with Crippen LogP contribution in [0, 0.1) is 5.82 Å². The van der Waals surface area contributed by atoms with Gasteiger partial charge in [0.2, 0.25) is 11.7 Å². The Morgan fingerprint density at radius 1 is 1.21 bits per heavy atom. The molecule has 8 heteroatoms. The number of fused-ring (bicyclic) bond motifs is 3. The molecule has 1 aliphatic rings. The van der Waals surface area contributed by atoms with Gasteiger partial charge in [0, 0.05) is 12.0 Å². The van der Waals surface area contributed by atoms with E-state index in [-0.39, 0.29) is 23.3 Å². The summed E-state index contributed by atoms with van der Waals surface area (Å²) >= 11 is 0. The summed E-state index contributed by atoms with van der Waals surface area (Å²) in [6.45, 7) is 3.79. The summed E-state index contributed by atoms with van der Waals surface area (Å²) in [6, 6.07) is 4.26. The van der Waals surface area contributed by atoms with Crippen molar-refractivity contribution in [3.8, 4) is 11.5 Å². The van der Waals surface area contributed by atoms with Gasteiger partial charge in [-0.25, -0.2) is 9.37 Å². The molecule has 0 aliphatic heterocycles. The third-order valence-corrected chi connectivity index (χ3v) is 5.52. The summed E-state index contributed by atoms with van der Waals surface area (Å²) < 4.78 is 22.6. The van der Waals surface area contributed by atoms with Crippen molar-refractivity contribution in [2.24, 2.45) is 0 Å². The molecule has 1 fully saturated rings. The smallest absolute Gasteiger partial charge is 0.278 e. The fourth-order valence-corrected chi connectivity index (χ4v) is 4.20. The van der Waals surface area contributed by atoms with Gasteiger partial charge in [-0.1, -0.05) is 18.0 Å². The van der Waals surface area contributed by atoms with Crippen molar-refractivity contribution in [3.63, 3.8) is 0 Å². The van der Waals surface area contributed by atoms with Gasteiger partial charge >= 0.3 is 0 Å². The van der Waals surface area contributed by atoms with Gasteiger partial charge in [0.05, 0.1) is 11.0 Å². The highest BCUT2D eigenvalue weighted by Gasteiger charge is 2.26. The van der Waals surface area contributed by atoms with E-state index in [2.05, 4.69) is 15.1 Å². The number of hydrogen-bond acceptors (Lipinski definition) is 5. The maximum atomic E-state index is 13.9. The molecule has 0 atom stereocenters. The lowest BCUT2D eigenvalue weighted by Gasteiger charge is -2.15. The topological polar surface area (TPSA) is 78.2 Å². The van der Waals surface area contributed by atoms with E-state index in [0.717, 1.165) is 25.7 Å². The molecule has 5 rings (SSSR count). The van der Waals surface area contributed by atoms with E-state index in [9.17, 15) is 9.18 Å². The molecule has 0 amide bonds. The average Bonchev–Trinajstić information content (AvgIpc) is 3.40. The fraction of sp³-hybridized carbons (Fsp3) is 0.400. The normalized spacial score (nSPS) is 15.4. The Bertz CT molecular complexity index is 1250. The minimum Gasteiger partial charge on any atom is -0.339 e. The molecular formula is C20H20FN5O2. The molecule has 7 nitrogen and oxygen atoms in total. The number of halogens is 1. The molecule has 4 aromatic rings. The van der Waals surface area contributed by atoms with Crippen molar-refractivity contribution >= 4 is 16.6 Å². The lowest BCUT2D eigenvalue weighted by Crippen LogP contribution is -2.24. The first-order valence-corrected chi connectivity index (χ1v) is 9.59. The molecule has 1 aliphatic carbocycles. The average molecular weight is 381 g/mol. The molecule has 0 saturated heterocycles. The Morgan fingerprint density at radius 2 is 2.00 bits per heavy atom. The van der Waals surface area contributed by atoms with Crippen LogP contribution in [0.15, 0.2) is 33.8 Å². The number of aromatic nitrogens is 5. The van der Waals surface area contributed by atoms with Crippen molar-refractivity contribution in [1.29, 1.82) is 0 Å². The summed E-state index contributed by atoms with van der Waals surface area (Å²) in [4.78, 5) is 22.3. The predicted octanol–water partition coefficient (Wildman–Crippen LogP) is 4.08. The van der Waals surface area contributed by atoms with E-state index in [4.69, 9.17) is 4.52 Å². The van der Waals surface area contributed by atoms with E-state index in [1.807, 2.05) is 13.8 Å². The zero-order valence-electron chi connectivity index (χ0n) is 15.7. The summed E-state index contributed by atoms with van der Waals surface area (Å²) in [7, 11) is 0. The molecule has 0 N–H and O–H groups in total. The molecule has 1 aromatic carbocycles. The number of hydrogen-bond donors (Lipinski definition) is 0. The first-order valence-electron chi connectivity index (χ1n) is 9.59. The van der Waals surface area contributed by atoms with Crippen LogP contribution in [0.25, 0.3) is 28.1 Å². The van der Waals surface area contributed by atoms with Crippen LogP contribution in [0.2, 0.25) is 0 Å². The third-order valence-electron chi connectivity index (χ3n) is 5.52.